The third-order valence-corrected chi connectivity index (χ3v) is 5.67. The van der Waals surface area contributed by atoms with E-state index < -0.39 is 6.10 Å². The molecule has 4 nitrogen and oxygen atoms in total. The predicted molar refractivity (Wildman–Crippen MR) is 117 cm³/mol. The van der Waals surface area contributed by atoms with Gasteiger partial charge in [-0.3, -0.25) is 9.78 Å². The molecule has 29 heavy (non-hydrogen) atoms. The number of rotatable bonds is 4. The number of aryl methyl sites for hydroxylation is 2. The SMILES string of the molecule is Cc1cc(-c2ccccc2C)c2ccc(O[C@H](C)C(=O)N3CCCCC3)cc2n1. The van der Waals surface area contributed by atoms with Crippen molar-refractivity contribution in [3.8, 4) is 16.9 Å². The normalized spacial score (nSPS) is 15.3. The van der Waals surface area contributed by atoms with Crippen LogP contribution in [-0.4, -0.2) is 35.0 Å². The summed E-state index contributed by atoms with van der Waals surface area (Å²) in [4.78, 5) is 19.3. The van der Waals surface area contributed by atoms with Gasteiger partial charge in [-0.1, -0.05) is 24.3 Å². The number of ether oxygens (including phenoxy) is 1. The summed E-state index contributed by atoms with van der Waals surface area (Å²) in [6, 6.07) is 16.5. The van der Waals surface area contributed by atoms with E-state index in [4.69, 9.17) is 9.72 Å². The van der Waals surface area contributed by atoms with E-state index in [1.165, 1.54) is 23.1 Å². The van der Waals surface area contributed by atoms with E-state index in [9.17, 15) is 4.79 Å². The molecule has 0 bridgehead atoms. The Kier molecular flexibility index (Phi) is 5.52. The second kappa shape index (κ2) is 8.24. The fraction of sp³-hybridized carbons (Fsp3) is 0.360. The molecular weight excluding hydrogens is 360 g/mol. The Balaban J connectivity index is 1.63. The number of pyridine rings is 1. The first-order valence-electron chi connectivity index (χ1n) is 10.5. The standard InChI is InChI=1S/C25H28N2O2/c1-17-9-5-6-10-21(17)23-15-18(2)26-24-16-20(11-12-22(23)24)29-19(3)25(28)27-13-7-4-8-14-27/h5-6,9-12,15-16,19H,4,7-8,13-14H2,1-3H3/t19-/m1/s1. The predicted octanol–water partition coefficient (Wildman–Crippen LogP) is 5.30. The second-order valence-corrected chi connectivity index (χ2v) is 7.95. The Morgan fingerprint density at radius 3 is 2.52 bits per heavy atom. The molecule has 150 valence electrons. The molecule has 1 aliphatic heterocycles. The van der Waals surface area contributed by atoms with Crippen LogP contribution in [0.15, 0.2) is 48.5 Å². The molecule has 2 aromatic carbocycles. The van der Waals surface area contributed by atoms with Crippen molar-refractivity contribution < 1.29 is 9.53 Å². The number of likely N-dealkylation sites (tertiary alicyclic amines) is 1. The Morgan fingerprint density at radius 2 is 1.76 bits per heavy atom. The summed E-state index contributed by atoms with van der Waals surface area (Å²) in [5, 5.41) is 1.09. The van der Waals surface area contributed by atoms with Gasteiger partial charge in [-0.2, -0.15) is 0 Å². The molecule has 1 saturated heterocycles. The van der Waals surface area contributed by atoms with Crippen molar-refractivity contribution in [2.75, 3.05) is 13.1 Å². The molecule has 2 heterocycles. The first kappa shape index (κ1) is 19.4. The van der Waals surface area contributed by atoms with Crippen LogP contribution < -0.4 is 4.74 Å². The lowest BCUT2D eigenvalue weighted by atomic mass is 9.96. The molecule has 4 heteroatoms. The van der Waals surface area contributed by atoms with E-state index in [1.807, 2.05) is 30.9 Å². The molecule has 0 radical (unpaired) electrons. The quantitative estimate of drug-likeness (QED) is 0.609. The van der Waals surface area contributed by atoms with Gasteiger partial charge in [0.15, 0.2) is 6.10 Å². The van der Waals surface area contributed by atoms with Crippen LogP contribution in [0, 0.1) is 13.8 Å². The molecule has 0 aliphatic carbocycles. The van der Waals surface area contributed by atoms with Gasteiger partial charge in [0.2, 0.25) is 0 Å². The molecule has 0 N–H and O–H groups in total. The van der Waals surface area contributed by atoms with Gasteiger partial charge in [0, 0.05) is 30.2 Å². The third kappa shape index (κ3) is 4.12. The number of hydrogen-bond acceptors (Lipinski definition) is 3. The van der Waals surface area contributed by atoms with Crippen LogP contribution in [0.1, 0.15) is 37.4 Å². The summed E-state index contributed by atoms with van der Waals surface area (Å²) in [7, 11) is 0. The van der Waals surface area contributed by atoms with Crippen LogP contribution in [0.2, 0.25) is 0 Å². The molecule has 1 aromatic heterocycles. The number of nitrogens with zero attached hydrogens (tertiary/aromatic N) is 2. The number of benzene rings is 2. The zero-order chi connectivity index (χ0) is 20.4. The first-order chi connectivity index (χ1) is 14.0. The Hall–Kier alpha value is -2.88. The highest BCUT2D eigenvalue weighted by Crippen LogP contribution is 2.32. The molecule has 0 unspecified atom stereocenters. The molecular formula is C25H28N2O2. The smallest absolute Gasteiger partial charge is 0.263 e. The van der Waals surface area contributed by atoms with Gasteiger partial charge < -0.3 is 9.64 Å². The molecule has 0 saturated carbocycles. The largest absolute Gasteiger partial charge is 0.481 e. The van der Waals surface area contributed by atoms with Crippen molar-refractivity contribution in [1.29, 1.82) is 0 Å². The Morgan fingerprint density at radius 1 is 1.00 bits per heavy atom. The van der Waals surface area contributed by atoms with Crippen LogP contribution in [0.4, 0.5) is 0 Å². The van der Waals surface area contributed by atoms with E-state index in [0.717, 1.165) is 42.5 Å². The lowest BCUT2D eigenvalue weighted by molar-refractivity contribution is -0.138. The summed E-state index contributed by atoms with van der Waals surface area (Å²) in [6.45, 7) is 7.65. The monoisotopic (exact) mass is 388 g/mol. The minimum absolute atomic E-state index is 0.0718. The average Bonchev–Trinajstić information content (AvgIpc) is 2.73. The molecule has 1 fully saturated rings. The summed E-state index contributed by atoms with van der Waals surface area (Å²) in [6.07, 6.45) is 2.88. The molecule has 1 atom stereocenters. The van der Waals surface area contributed by atoms with Crippen LogP contribution in [0.3, 0.4) is 0 Å². The number of hydrogen-bond donors (Lipinski definition) is 0. The van der Waals surface area contributed by atoms with Crippen LogP contribution in [0.25, 0.3) is 22.0 Å². The van der Waals surface area contributed by atoms with Gasteiger partial charge in [0.05, 0.1) is 5.52 Å². The highest BCUT2D eigenvalue weighted by molar-refractivity contribution is 5.96. The second-order valence-electron chi connectivity index (χ2n) is 7.95. The van der Waals surface area contributed by atoms with Gasteiger partial charge >= 0.3 is 0 Å². The van der Waals surface area contributed by atoms with Crippen molar-refractivity contribution >= 4 is 16.8 Å². The van der Waals surface area contributed by atoms with Gasteiger partial charge in [-0.15, -0.1) is 0 Å². The minimum Gasteiger partial charge on any atom is -0.481 e. The Bertz CT molecular complexity index is 1040. The maximum atomic E-state index is 12.7. The van der Waals surface area contributed by atoms with Crippen molar-refractivity contribution in [1.82, 2.24) is 9.88 Å². The zero-order valence-electron chi connectivity index (χ0n) is 17.4. The van der Waals surface area contributed by atoms with Gasteiger partial charge in [0.25, 0.3) is 5.91 Å². The maximum Gasteiger partial charge on any atom is 0.263 e. The van der Waals surface area contributed by atoms with Crippen molar-refractivity contribution in [3.63, 3.8) is 0 Å². The summed E-state index contributed by atoms with van der Waals surface area (Å²) >= 11 is 0. The van der Waals surface area contributed by atoms with E-state index in [0.29, 0.717) is 5.75 Å². The van der Waals surface area contributed by atoms with Crippen molar-refractivity contribution in [3.05, 3.63) is 59.8 Å². The van der Waals surface area contributed by atoms with Crippen LogP contribution >= 0.6 is 0 Å². The van der Waals surface area contributed by atoms with E-state index >= 15 is 0 Å². The lowest BCUT2D eigenvalue weighted by Gasteiger charge is -2.29. The van der Waals surface area contributed by atoms with Gasteiger partial charge in [-0.25, -0.2) is 0 Å². The zero-order valence-corrected chi connectivity index (χ0v) is 17.4. The topological polar surface area (TPSA) is 42.4 Å². The van der Waals surface area contributed by atoms with Crippen molar-refractivity contribution in [2.45, 2.75) is 46.1 Å². The number of aromatic nitrogens is 1. The van der Waals surface area contributed by atoms with E-state index in [2.05, 4.69) is 43.3 Å². The van der Waals surface area contributed by atoms with Crippen LogP contribution in [0.5, 0.6) is 5.75 Å². The third-order valence-electron chi connectivity index (χ3n) is 5.67. The number of carbonyl (C=O) groups excluding carboxylic acids is 1. The first-order valence-corrected chi connectivity index (χ1v) is 10.5. The van der Waals surface area contributed by atoms with Gasteiger partial charge in [-0.05, 0) is 74.9 Å². The lowest BCUT2D eigenvalue weighted by Crippen LogP contribution is -2.43. The molecule has 1 aliphatic rings. The van der Waals surface area contributed by atoms with Crippen LogP contribution in [-0.2, 0) is 4.79 Å². The molecule has 1 amide bonds. The highest BCUT2D eigenvalue weighted by Gasteiger charge is 2.23. The number of fused-ring (bicyclic) bond motifs is 1. The Labute approximate surface area is 172 Å². The molecule has 0 spiro atoms. The highest BCUT2D eigenvalue weighted by atomic mass is 16.5. The number of amides is 1. The minimum atomic E-state index is -0.494. The average molecular weight is 389 g/mol. The summed E-state index contributed by atoms with van der Waals surface area (Å²) in [5.74, 6) is 0.756. The van der Waals surface area contributed by atoms with Crippen molar-refractivity contribution in [2.24, 2.45) is 0 Å². The maximum absolute atomic E-state index is 12.7. The fourth-order valence-corrected chi connectivity index (χ4v) is 4.14. The molecule has 4 rings (SSSR count). The number of piperidine rings is 1. The van der Waals surface area contributed by atoms with E-state index in [1.54, 1.807) is 0 Å². The fourth-order valence-electron chi connectivity index (χ4n) is 4.14. The summed E-state index contributed by atoms with van der Waals surface area (Å²) in [5.41, 5.74) is 5.48. The van der Waals surface area contributed by atoms with E-state index in [-0.39, 0.29) is 5.91 Å². The number of carbonyl (C=O) groups is 1. The van der Waals surface area contributed by atoms with Gasteiger partial charge in [0.1, 0.15) is 5.75 Å². The summed E-state index contributed by atoms with van der Waals surface area (Å²) < 4.78 is 6.02. The molecule has 3 aromatic rings.